The first-order valence-corrected chi connectivity index (χ1v) is 20.1. The van der Waals surface area contributed by atoms with Crippen molar-refractivity contribution >= 4 is 35.1 Å². The molecular weight excluding hydrogens is 821 g/mol. The Hall–Kier alpha value is -8.00. The van der Waals surface area contributed by atoms with E-state index < -0.39 is 11.9 Å². The summed E-state index contributed by atoms with van der Waals surface area (Å²) in [5, 5.41) is 0. The first kappa shape index (κ1) is 45.5. The molecule has 0 bridgehead atoms. The lowest BCUT2D eigenvalue weighted by Crippen LogP contribution is -2.26. The molecule has 14 heteroatoms. The highest BCUT2D eigenvalue weighted by atomic mass is 16.5. The standard InChI is InChI=1S/C50H48N2O12/c1-9-61-45-29-41(57-5)39(27-43(45)59-7)49(55)63-37-23-15-33(16-24-37)47(53)51(3)35-19-11-31(12-20-35)32-13-21-36(22-14-32)52(4)48(54)34-17-25-38(26-18-34)64-50(56)40-28-44(60-8)46(62-10-2)30-42(40)58-6/h11-30H,9-10H2,1-8H3. The lowest BCUT2D eigenvalue weighted by Gasteiger charge is -2.19. The van der Waals surface area contributed by atoms with Crippen molar-refractivity contribution in [3.8, 4) is 57.1 Å². The highest BCUT2D eigenvalue weighted by Gasteiger charge is 2.23. The number of ether oxygens (including phenoxy) is 8. The lowest BCUT2D eigenvalue weighted by atomic mass is 10.0. The summed E-state index contributed by atoms with van der Waals surface area (Å²) in [6, 6.07) is 33.7. The number of anilines is 2. The van der Waals surface area contributed by atoms with E-state index in [-0.39, 0.29) is 45.9 Å². The molecule has 0 N–H and O–H groups in total. The summed E-state index contributed by atoms with van der Waals surface area (Å²) in [5.74, 6) is 0.735. The van der Waals surface area contributed by atoms with Crippen LogP contribution in [0.1, 0.15) is 55.3 Å². The van der Waals surface area contributed by atoms with Gasteiger partial charge >= 0.3 is 11.9 Å². The van der Waals surface area contributed by atoms with Gasteiger partial charge in [0.1, 0.15) is 34.1 Å². The Balaban J connectivity index is 1.04. The topological polar surface area (TPSA) is 149 Å². The van der Waals surface area contributed by atoms with Crippen molar-refractivity contribution < 1.29 is 57.1 Å². The maximum Gasteiger partial charge on any atom is 0.347 e. The van der Waals surface area contributed by atoms with Crippen molar-refractivity contribution in [1.29, 1.82) is 0 Å². The zero-order valence-electron chi connectivity index (χ0n) is 36.8. The Morgan fingerprint density at radius 2 is 0.750 bits per heavy atom. The van der Waals surface area contributed by atoms with Crippen LogP contribution < -0.4 is 47.7 Å². The second-order valence-corrected chi connectivity index (χ2v) is 13.9. The molecule has 0 saturated carbocycles. The number of hydrogen-bond acceptors (Lipinski definition) is 12. The van der Waals surface area contributed by atoms with Crippen LogP contribution in [0.3, 0.4) is 0 Å². The van der Waals surface area contributed by atoms with E-state index in [4.69, 9.17) is 37.9 Å². The third kappa shape index (κ3) is 10.2. The Bertz CT molecular complexity index is 2430. The summed E-state index contributed by atoms with van der Waals surface area (Å²) in [5.41, 5.74) is 4.23. The highest BCUT2D eigenvalue weighted by Crippen LogP contribution is 2.37. The minimum Gasteiger partial charge on any atom is -0.496 e. The molecule has 14 nitrogen and oxygen atoms in total. The Labute approximate surface area is 371 Å². The Kier molecular flexibility index (Phi) is 14.7. The van der Waals surface area contributed by atoms with E-state index in [0.29, 0.717) is 58.7 Å². The third-order valence-corrected chi connectivity index (χ3v) is 10.1. The summed E-state index contributed by atoms with van der Waals surface area (Å²) in [7, 11) is 9.19. The minimum absolute atomic E-state index is 0.150. The quantitative estimate of drug-likeness (QED) is 0.0636. The third-order valence-electron chi connectivity index (χ3n) is 10.1. The van der Waals surface area contributed by atoms with Gasteiger partial charge in [-0.25, -0.2) is 9.59 Å². The molecule has 0 radical (unpaired) electrons. The number of carbonyl (C=O) groups excluding carboxylic acids is 4. The lowest BCUT2D eigenvalue weighted by molar-refractivity contribution is 0.0720. The number of benzene rings is 6. The average Bonchev–Trinajstić information content (AvgIpc) is 3.33. The summed E-state index contributed by atoms with van der Waals surface area (Å²) in [6.45, 7) is 4.48. The van der Waals surface area contributed by atoms with E-state index in [1.807, 2.05) is 62.4 Å². The van der Waals surface area contributed by atoms with Crippen molar-refractivity contribution in [2.75, 3.05) is 65.5 Å². The number of hydrogen-bond donors (Lipinski definition) is 0. The van der Waals surface area contributed by atoms with Crippen molar-refractivity contribution in [3.63, 3.8) is 0 Å². The normalized spacial score (nSPS) is 10.6. The van der Waals surface area contributed by atoms with Gasteiger partial charge in [-0.3, -0.25) is 9.59 Å². The van der Waals surface area contributed by atoms with E-state index in [9.17, 15) is 19.2 Å². The van der Waals surface area contributed by atoms with Gasteiger partial charge in [0.15, 0.2) is 23.0 Å². The molecule has 0 fully saturated rings. The zero-order chi connectivity index (χ0) is 45.9. The SMILES string of the molecule is CCOc1cc(OC)c(C(=O)Oc2ccc(C(=O)N(C)c3ccc(-c4ccc(N(C)C(=O)c5ccc(OC(=O)c6cc(OC)c(OCC)cc6OC)cc5)cc4)cc3)cc2)cc1OC. The summed E-state index contributed by atoms with van der Waals surface area (Å²) in [6.07, 6.45) is 0. The molecule has 0 aliphatic heterocycles. The molecule has 64 heavy (non-hydrogen) atoms. The number of amides is 2. The van der Waals surface area contributed by atoms with Crippen molar-refractivity contribution in [1.82, 2.24) is 0 Å². The van der Waals surface area contributed by atoms with Gasteiger partial charge in [-0.2, -0.15) is 0 Å². The fourth-order valence-corrected chi connectivity index (χ4v) is 6.63. The van der Waals surface area contributed by atoms with Gasteiger partial charge in [-0.15, -0.1) is 0 Å². The van der Waals surface area contributed by atoms with Crippen LogP contribution in [-0.4, -0.2) is 79.5 Å². The number of nitrogens with zero attached hydrogens (tertiary/aromatic N) is 2. The predicted octanol–water partition coefficient (Wildman–Crippen LogP) is 9.18. The molecule has 0 aliphatic rings. The van der Waals surface area contributed by atoms with Crippen LogP contribution in [0, 0.1) is 0 Å². The summed E-state index contributed by atoms with van der Waals surface area (Å²) < 4.78 is 43.9. The maximum atomic E-state index is 13.4. The van der Waals surface area contributed by atoms with E-state index >= 15 is 0 Å². The number of methoxy groups -OCH3 is 4. The van der Waals surface area contributed by atoms with Crippen LogP contribution in [0.2, 0.25) is 0 Å². The van der Waals surface area contributed by atoms with E-state index in [1.165, 1.54) is 50.4 Å². The van der Waals surface area contributed by atoms with Crippen LogP contribution in [-0.2, 0) is 0 Å². The molecular formula is C50H48N2O12. The molecule has 6 aromatic carbocycles. The monoisotopic (exact) mass is 868 g/mol. The van der Waals surface area contributed by atoms with Crippen molar-refractivity contribution in [2.45, 2.75) is 13.8 Å². The first-order chi connectivity index (χ1) is 30.9. The van der Waals surface area contributed by atoms with Crippen LogP contribution in [0.5, 0.6) is 46.0 Å². The van der Waals surface area contributed by atoms with Crippen LogP contribution in [0.15, 0.2) is 121 Å². The molecule has 0 heterocycles. The average molecular weight is 869 g/mol. The zero-order valence-corrected chi connectivity index (χ0v) is 36.8. The van der Waals surface area contributed by atoms with E-state index in [1.54, 1.807) is 74.8 Å². The van der Waals surface area contributed by atoms with Gasteiger partial charge < -0.3 is 47.7 Å². The van der Waals surface area contributed by atoms with Gasteiger partial charge in [-0.05, 0) is 97.8 Å². The first-order valence-electron chi connectivity index (χ1n) is 20.1. The highest BCUT2D eigenvalue weighted by molar-refractivity contribution is 6.07. The van der Waals surface area contributed by atoms with Crippen LogP contribution >= 0.6 is 0 Å². The number of carbonyl (C=O) groups is 4. The van der Waals surface area contributed by atoms with Gasteiger partial charge in [0.2, 0.25) is 0 Å². The Morgan fingerprint density at radius 1 is 0.422 bits per heavy atom. The fourth-order valence-electron chi connectivity index (χ4n) is 6.63. The smallest absolute Gasteiger partial charge is 0.347 e. The largest absolute Gasteiger partial charge is 0.496 e. The van der Waals surface area contributed by atoms with Gasteiger partial charge in [0.05, 0.1) is 41.7 Å². The summed E-state index contributed by atoms with van der Waals surface area (Å²) >= 11 is 0. The van der Waals surface area contributed by atoms with Crippen LogP contribution in [0.25, 0.3) is 11.1 Å². The van der Waals surface area contributed by atoms with E-state index in [0.717, 1.165) is 11.1 Å². The van der Waals surface area contributed by atoms with Gasteiger partial charge in [-0.1, -0.05) is 24.3 Å². The maximum absolute atomic E-state index is 13.4. The molecule has 6 aromatic rings. The molecule has 0 aliphatic carbocycles. The van der Waals surface area contributed by atoms with Gasteiger partial charge in [0, 0.05) is 60.9 Å². The number of esters is 2. The van der Waals surface area contributed by atoms with Crippen LogP contribution in [0.4, 0.5) is 11.4 Å². The molecule has 330 valence electrons. The van der Waals surface area contributed by atoms with Crippen molar-refractivity contribution in [3.05, 3.63) is 144 Å². The van der Waals surface area contributed by atoms with E-state index in [2.05, 4.69) is 0 Å². The fraction of sp³-hybridized carbons (Fsp3) is 0.200. The minimum atomic E-state index is -0.667. The molecule has 0 aromatic heterocycles. The number of rotatable bonds is 17. The molecule has 0 atom stereocenters. The second-order valence-electron chi connectivity index (χ2n) is 13.9. The molecule has 0 unspecified atom stereocenters. The molecule has 6 rings (SSSR count). The Morgan fingerprint density at radius 3 is 1.05 bits per heavy atom. The summed E-state index contributed by atoms with van der Waals surface area (Å²) in [4.78, 5) is 56.1. The molecule has 0 saturated heterocycles. The molecule has 0 spiro atoms. The second kappa shape index (κ2) is 20.7. The predicted molar refractivity (Wildman–Crippen MR) is 242 cm³/mol. The van der Waals surface area contributed by atoms with Gasteiger partial charge in [0.25, 0.3) is 11.8 Å². The molecule has 2 amide bonds. The van der Waals surface area contributed by atoms with Crippen molar-refractivity contribution in [2.24, 2.45) is 0 Å².